The molecule has 1 aromatic carbocycles. The van der Waals surface area contributed by atoms with Crippen LogP contribution >= 0.6 is 0 Å². The van der Waals surface area contributed by atoms with Gasteiger partial charge in [0.05, 0.1) is 20.8 Å². The highest BCUT2D eigenvalue weighted by Gasteiger charge is 2.19. The Kier molecular flexibility index (Phi) is 7.57. The van der Waals surface area contributed by atoms with Gasteiger partial charge in [-0.25, -0.2) is 9.59 Å². The lowest BCUT2D eigenvalue weighted by molar-refractivity contribution is 0.0523. The highest BCUT2D eigenvalue weighted by molar-refractivity contribution is 6.76. The summed E-state index contributed by atoms with van der Waals surface area (Å²) in [6, 6.07) is 9.07. The Balaban J connectivity index is 2.35. The van der Waals surface area contributed by atoms with Gasteiger partial charge in [-0.3, -0.25) is 13.9 Å². The number of ether oxygens (including phenoxy) is 3. The minimum Gasteiger partial charge on any atom is -0.497 e. The van der Waals surface area contributed by atoms with Gasteiger partial charge in [0.2, 0.25) is 0 Å². The Morgan fingerprint density at radius 3 is 2.24 bits per heavy atom. The van der Waals surface area contributed by atoms with E-state index in [0.29, 0.717) is 12.4 Å². The van der Waals surface area contributed by atoms with Crippen molar-refractivity contribution in [3.63, 3.8) is 0 Å². The molecule has 1 aromatic heterocycles. The molecule has 0 aliphatic carbocycles. The first-order chi connectivity index (χ1) is 13.7. The molecule has 0 saturated heterocycles. The average molecular weight is 421 g/mol. The second-order valence-electron chi connectivity index (χ2n) is 7.85. The second-order valence-corrected chi connectivity index (χ2v) is 13.5. The topological polar surface area (TPSA) is 88.8 Å². The summed E-state index contributed by atoms with van der Waals surface area (Å²) in [7, 11) is 1.46. The first-order valence-electron chi connectivity index (χ1n) is 9.30. The molecule has 0 amide bonds. The number of methoxy groups -OCH3 is 2. The molecular formula is C20H28N2O6Si. The van der Waals surface area contributed by atoms with Gasteiger partial charge in [0, 0.05) is 20.7 Å². The van der Waals surface area contributed by atoms with E-state index in [-0.39, 0.29) is 19.0 Å². The van der Waals surface area contributed by atoms with Gasteiger partial charge in [0.1, 0.15) is 18.2 Å². The van der Waals surface area contributed by atoms with E-state index in [1.54, 1.807) is 31.4 Å². The van der Waals surface area contributed by atoms with Crippen LogP contribution in [0.2, 0.25) is 25.7 Å². The lowest BCUT2D eigenvalue weighted by atomic mass is 10.2. The summed E-state index contributed by atoms with van der Waals surface area (Å²) in [6.45, 7) is 7.07. The van der Waals surface area contributed by atoms with Crippen molar-refractivity contribution in [2.45, 2.75) is 39.0 Å². The van der Waals surface area contributed by atoms with Crippen molar-refractivity contribution in [3.8, 4) is 5.75 Å². The molecule has 0 saturated carbocycles. The maximum Gasteiger partial charge on any atom is 0.355 e. The van der Waals surface area contributed by atoms with E-state index < -0.39 is 25.3 Å². The summed E-state index contributed by atoms with van der Waals surface area (Å²) in [5.41, 5.74) is -0.574. The van der Waals surface area contributed by atoms with Crippen molar-refractivity contribution in [1.29, 1.82) is 0 Å². The van der Waals surface area contributed by atoms with Gasteiger partial charge in [-0.1, -0.05) is 31.8 Å². The Morgan fingerprint density at radius 2 is 1.69 bits per heavy atom. The van der Waals surface area contributed by atoms with E-state index in [4.69, 9.17) is 14.2 Å². The summed E-state index contributed by atoms with van der Waals surface area (Å²) >= 11 is 0. The fourth-order valence-electron chi connectivity index (χ4n) is 2.61. The molecule has 0 aliphatic rings. The van der Waals surface area contributed by atoms with Crippen molar-refractivity contribution in [1.82, 2.24) is 9.13 Å². The quantitative estimate of drug-likeness (QED) is 0.351. The Hall–Kier alpha value is -2.65. The summed E-state index contributed by atoms with van der Waals surface area (Å²) in [5.74, 6) is -0.0834. The van der Waals surface area contributed by atoms with E-state index in [1.165, 1.54) is 7.11 Å². The highest BCUT2D eigenvalue weighted by Crippen LogP contribution is 2.12. The van der Waals surface area contributed by atoms with E-state index >= 15 is 0 Å². The molecule has 158 valence electrons. The monoisotopic (exact) mass is 420 g/mol. The van der Waals surface area contributed by atoms with E-state index in [1.807, 2.05) is 0 Å². The third-order valence-corrected chi connectivity index (χ3v) is 6.09. The molecule has 8 nitrogen and oxygen atoms in total. The lowest BCUT2D eigenvalue weighted by Gasteiger charge is -2.17. The molecule has 0 atom stereocenters. The smallest absolute Gasteiger partial charge is 0.355 e. The number of hydrogen-bond acceptors (Lipinski definition) is 6. The van der Waals surface area contributed by atoms with E-state index in [0.717, 1.165) is 26.8 Å². The number of aromatic nitrogens is 2. The van der Waals surface area contributed by atoms with Gasteiger partial charge < -0.3 is 14.2 Å². The molecule has 9 heteroatoms. The van der Waals surface area contributed by atoms with Crippen LogP contribution < -0.4 is 16.0 Å². The molecule has 0 spiro atoms. The number of nitrogens with zero attached hydrogens (tertiary/aromatic N) is 2. The van der Waals surface area contributed by atoms with Gasteiger partial charge in [-0.05, 0) is 23.7 Å². The highest BCUT2D eigenvalue weighted by atomic mass is 28.3. The molecular weight excluding hydrogens is 392 g/mol. The van der Waals surface area contributed by atoms with Crippen molar-refractivity contribution in [2.75, 3.05) is 20.8 Å². The van der Waals surface area contributed by atoms with Crippen LogP contribution in [-0.4, -0.2) is 44.0 Å². The molecule has 0 unspecified atom stereocenters. The van der Waals surface area contributed by atoms with E-state index in [9.17, 15) is 14.4 Å². The number of hydrogen-bond donors (Lipinski definition) is 0. The number of esters is 1. The SMILES string of the molecule is COC(=O)c1cc(=O)n(Cc2ccc(OC)cc2)c(=O)n1COCC[Si](C)(C)C. The second kappa shape index (κ2) is 9.70. The van der Waals surface area contributed by atoms with Crippen LogP contribution in [0.3, 0.4) is 0 Å². The van der Waals surface area contributed by atoms with Crippen molar-refractivity contribution >= 4 is 14.0 Å². The number of carbonyl (C=O) groups excluding carboxylic acids is 1. The third-order valence-electron chi connectivity index (χ3n) is 4.39. The summed E-state index contributed by atoms with van der Waals surface area (Å²) in [4.78, 5) is 37.6. The van der Waals surface area contributed by atoms with Crippen molar-refractivity contribution in [3.05, 3.63) is 62.4 Å². The van der Waals surface area contributed by atoms with Crippen LogP contribution in [0, 0.1) is 0 Å². The number of rotatable bonds is 9. The molecule has 0 bridgehead atoms. The maximum absolute atomic E-state index is 13.0. The Labute approximate surface area is 170 Å². The molecule has 0 aliphatic heterocycles. The predicted molar refractivity (Wildman–Crippen MR) is 113 cm³/mol. The molecule has 29 heavy (non-hydrogen) atoms. The van der Waals surface area contributed by atoms with Gasteiger partial charge >= 0.3 is 11.7 Å². The van der Waals surface area contributed by atoms with Crippen molar-refractivity contribution in [2.24, 2.45) is 0 Å². The first-order valence-corrected chi connectivity index (χ1v) is 13.0. The third kappa shape index (κ3) is 6.16. The average Bonchev–Trinajstić information content (AvgIpc) is 2.68. The molecule has 2 aromatic rings. The van der Waals surface area contributed by atoms with Gasteiger partial charge in [0.25, 0.3) is 5.56 Å². The zero-order chi connectivity index (χ0) is 21.6. The normalized spacial score (nSPS) is 11.3. The van der Waals surface area contributed by atoms with Crippen LogP contribution in [0.4, 0.5) is 0 Å². The van der Waals surface area contributed by atoms with Crippen LogP contribution in [0.25, 0.3) is 0 Å². The summed E-state index contributed by atoms with van der Waals surface area (Å²) in [6.07, 6.45) is 0. The lowest BCUT2D eigenvalue weighted by Crippen LogP contribution is -2.43. The summed E-state index contributed by atoms with van der Waals surface area (Å²) in [5, 5.41) is 0. The largest absolute Gasteiger partial charge is 0.497 e. The van der Waals surface area contributed by atoms with Crippen molar-refractivity contribution < 1.29 is 19.0 Å². The summed E-state index contributed by atoms with van der Waals surface area (Å²) < 4.78 is 17.7. The molecule has 0 radical (unpaired) electrons. The zero-order valence-electron chi connectivity index (χ0n) is 17.6. The van der Waals surface area contributed by atoms with Gasteiger partial charge in [0.15, 0.2) is 0 Å². The molecule has 1 heterocycles. The number of benzene rings is 1. The standard InChI is InChI=1S/C20H28N2O6Si/c1-26-16-8-6-15(7-9-16)13-21-18(23)12-17(19(24)27-2)22(20(21)25)14-28-10-11-29(3,4)5/h6-9,12H,10-11,13-14H2,1-5H3. The zero-order valence-corrected chi connectivity index (χ0v) is 18.6. The first kappa shape index (κ1) is 22.6. The predicted octanol–water partition coefficient (Wildman–Crippen LogP) is 2.17. The van der Waals surface area contributed by atoms with Gasteiger partial charge in [-0.2, -0.15) is 0 Å². The van der Waals surface area contributed by atoms with Crippen LogP contribution in [0.5, 0.6) is 5.75 Å². The Bertz CT molecular complexity index is 957. The molecule has 0 N–H and O–H groups in total. The van der Waals surface area contributed by atoms with Crippen LogP contribution in [0.15, 0.2) is 39.9 Å². The van der Waals surface area contributed by atoms with E-state index in [2.05, 4.69) is 19.6 Å². The maximum atomic E-state index is 13.0. The minimum absolute atomic E-state index is 0.0675. The molecule has 0 fully saturated rings. The Morgan fingerprint density at radius 1 is 1.03 bits per heavy atom. The fourth-order valence-corrected chi connectivity index (χ4v) is 3.36. The minimum atomic E-state index is -1.30. The molecule has 2 rings (SSSR count). The fraction of sp³-hybridized carbons (Fsp3) is 0.450. The van der Waals surface area contributed by atoms with Crippen LogP contribution in [-0.2, 0) is 22.7 Å². The van der Waals surface area contributed by atoms with Gasteiger partial charge in [-0.15, -0.1) is 0 Å². The van der Waals surface area contributed by atoms with Crippen LogP contribution in [0.1, 0.15) is 16.1 Å². The number of carbonyl (C=O) groups is 1.